The van der Waals surface area contributed by atoms with Gasteiger partial charge in [0.2, 0.25) is 0 Å². The van der Waals surface area contributed by atoms with Gasteiger partial charge in [0.25, 0.3) is 5.56 Å². The molecule has 0 bridgehead atoms. The second kappa shape index (κ2) is 7.03. The van der Waals surface area contributed by atoms with Crippen molar-refractivity contribution in [2.45, 2.75) is 69.9 Å². The summed E-state index contributed by atoms with van der Waals surface area (Å²) in [5.41, 5.74) is -2.86. The molecule has 27 heavy (non-hydrogen) atoms. The van der Waals surface area contributed by atoms with Crippen molar-refractivity contribution in [2.75, 3.05) is 6.61 Å². The molecule has 150 valence electrons. The van der Waals surface area contributed by atoms with Crippen LogP contribution in [-0.2, 0) is 9.16 Å². The number of ether oxygens (including phenoxy) is 1. The first kappa shape index (κ1) is 21.6. The topological polar surface area (TPSA) is 114 Å². The van der Waals surface area contributed by atoms with E-state index >= 15 is 0 Å². The summed E-state index contributed by atoms with van der Waals surface area (Å²) in [5.74, 6) is 2.29. The Morgan fingerprint density at radius 2 is 2.04 bits per heavy atom. The molecule has 1 aliphatic heterocycles. The van der Waals surface area contributed by atoms with Crippen molar-refractivity contribution < 1.29 is 19.4 Å². The first-order valence-corrected chi connectivity index (χ1v) is 11.7. The molecule has 0 unspecified atom stereocenters. The molecule has 1 fully saturated rings. The molecule has 0 radical (unpaired) electrons. The van der Waals surface area contributed by atoms with E-state index in [9.17, 15) is 19.8 Å². The van der Waals surface area contributed by atoms with E-state index in [0.29, 0.717) is 5.56 Å². The van der Waals surface area contributed by atoms with Gasteiger partial charge in [-0.25, -0.2) is 4.79 Å². The van der Waals surface area contributed by atoms with Gasteiger partial charge < -0.3 is 19.4 Å². The summed E-state index contributed by atoms with van der Waals surface area (Å²) in [5, 5.41) is 20.6. The standard InChI is InChI=1S/C18H28N2O6Si/c1-8-18(24)12(10-21)25-15(13(18)26-27(6,7)17(3,4)5)20-9-11(2)14(22)19-16(20)23/h1,9,12-13,15,21,24H,10H2,2-7H3,(H,19,22,23)/t12-,13+,15-,18+/m1/s1. The van der Waals surface area contributed by atoms with Gasteiger partial charge in [0.15, 0.2) is 20.1 Å². The molecule has 0 aromatic carbocycles. The van der Waals surface area contributed by atoms with E-state index in [-0.39, 0.29) is 5.04 Å². The average molecular weight is 397 g/mol. The third-order valence-electron chi connectivity index (χ3n) is 5.53. The maximum absolute atomic E-state index is 12.4. The molecule has 0 spiro atoms. The number of hydrogen-bond donors (Lipinski definition) is 3. The molecule has 9 heteroatoms. The second-order valence-corrected chi connectivity index (χ2v) is 13.2. The fourth-order valence-electron chi connectivity index (χ4n) is 2.73. The van der Waals surface area contributed by atoms with E-state index in [1.54, 1.807) is 6.92 Å². The van der Waals surface area contributed by atoms with Crippen molar-refractivity contribution in [1.29, 1.82) is 0 Å². The number of aryl methyl sites for hydroxylation is 1. The number of nitrogens with one attached hydrogen (secondary N) is 1. The number of aliphatic hydroxyl groups excluding tert-OH is 1. The molecule has 8 nitrogen and oxygen atoms in total. The van der Waals surface area contributed by atoms with E-state index in [1.165, 1.54) is 6.20 Å². The van der Waals surface area contributed by atoms with E-state index in [1.807, 2.05) is 33.9 Å². The Bertz CT molecular complexity index is 862. The Balaban J connectivity index is 2.62. The Hall–Kier alpha value is -1.70. The van der Waals surface area contributed by atoms with Gasteiger partial charge in [-0.1, -0.05) is 26.7 Å². The van der Waals surface area contributed by atoms with Crippen molar-refractivity contribution in [3.05, 3.63) is 32.6 Å². The zero-order valence-corrected chi connectivity index (χ0v) is 17.6. The van der Waals surface area contributed by atoms with Crippen molar-refractivity contribution >= 4 is 8.32 Å². The fraction of sp³-hybridized carbons (Fsp3) is 0.667. The summed E-state index contributed by atoms with van der Waals surface area (Å²) in [6.07, 6.45) is 3.59. The number of rotatable bonds is 4. The summed E-state index contributed by atoms with van der Waals surface area (Å²) < 4.78 is 13.2. The third kappa shape index (κ3) is 3.68. The van der Waals surface area contributed by atoms with Crippen LogP contribution in [0.1, 0.15) is 32.6 Å². The van der Waals surface area contributed by atoms with Crippen molar-refractivity contribution in [2.24, 2.45) is 0 Å². The Morgan fingerprint density at radius 3 is 2.52 bits per heavy atom. The summed E-state index contributed by atoms with van der Waals surface area (Å²) in [6.45, 7) is 11.0. The van der Waals surface area contributed by atoms with Crippen molar-refractivity contribution in [3.63, 3.8) is 0 Å². The molecule has 2 heterocycles. The molecule has 1 aromatic heterocycles. The van der Waals surface area contributed by atoms with Gasteiger partial charge in [0, 0.05) is 11.8 Å². The quantitative estimate of drug-likeness (QED) is 0.504. The average Bonchev–Trinajstić information content (AvgIpc) is 2.82. The number of H-pyrrole nitrogens is 1. The van der Waals surface area contributed by atoms with E-state index in [4.69, 9.17) is 15.6 Å². The Morgan fingerprint density at radius 1 is 1.44 bits per heavy atom. The molecular formula is C18H28N2O6Si. The van der Waals surface area contributed by atoms with Gasteiger partial charge in [-0.15, -0.1) is 6.42 Å². The highest BCUT2D eigenvalue weighted by Crippen LogP contribution is 2.44. The first-order valence-electron chi connectivity index (χ1n) is 8.75. The van der Waals surface area contributed by atoms with Crippen LogP contribution in [-0.4, -0.2) is 52.5 Å². The van der Waals surface area contributed by atoms with Gasteiger partial charge in [-0.3, -0.25) is 14.3 Å². The van der Waals surface area contributed by atoms with Gasteiger partial charge in [0.05, 0.1) is 6.61 Å². The number of aromatic amines is 1. The van der Waals surface area contributed by atoms with Crippen LogP contribution in [0.4, 0.5) is 0 Å². The van der Waals surface area contributed by atoms with E-state index < -0.39 is 50.2 Å². The van der Waals surface area contributed by atoms with Gasteiger partial charge >= 0.3 is 5.69 Å². The Labute approximate surface area is 159 Å². The lowest BCUT2D eigenvalue weighted by atomic mass is 9.93. The minimum absolute atomic E-state index is 0.198. The SMILES string of the molecule is C#C[C@]1(O)[C@@H](CO)O[C@@H](n2cc(C)c(=O)[nH]c2=O)[C@@H]1O[Si](C)(C)C(C)(C)C. The molecule has 3 N–H and O–H groups in total. The van der Waals surface area contributed by atoms with Crippen LogP contribution in [0.5, 0.6) is 0 Å². The van der Waals surface area contributed by atoms with Crippen molar-refractivity contribution in [3.8, 4) is 12.3 Å². The highest BCUT2D eigenvalue weighted by Gasteiger charge is 2.59. The second-order valence-electron chi connectivity index (χ2n) is 8.44. The van der Waals surface area contributed by atoms with Crippen LogP contribution in [0, 0.1) is 19.3 Å². The molecule has 0 saturated carbocycles. The van der Waals surface area contributed by atoms with Crippen LogP contribution in [0.25, 0.3) is 0 Å². The summed E-state index contributed by atoms with van der Waals surface area (Å²) in [6, 6.07) is 0. The zero-order valence-electron chi connectivity index (χ0n) is 16.6. The number of aromatic nitrogens is 2. The van der Waals surface area contributed by atoms with Crippen LogP contribution in [0.15, 0.2) is 15.8 Å². The van der Waals surface area contributed by atoms with Crippen LogP contribution >= 0.6 is 0 Å². The predicted molar refractivity (Wildman–Crippen MR) is 103 cm³/mol. The first-order chi connectivity index (χ1) is 12.3. The lowest BCUT2D eigenvalue weighted by molar-refractivity contribution is -0.0624. The normalized spacial score (nSPS) is 28.9. The molecule has 4 atom stereocenters. The Kier molecular flexibility index (Phi) is 5.63. The maximum Gasteiger partial charge on any atom is 0.330 e. The predicted octanol–water partition coefficient (Wildman–Crippen LogP) is 0.489. The lowest BCUT2D eigenvalue weighted by Gasteiger charge is -2.41. The fourth-order valence-corrected chi connectivity index (χ4v) is 4.01. The van der Waals surface area contributed by atoms with Crippen molar-refractivity contribution in [1.82, 2.24) is 9.55 Å². The summed E-state index contributed by atoms with van der Waals surface area (Å²) in [7, 11) is -2.44. The van der Waals surface area contributed by atoms with Gasteiger partial charge in [0.1, 0.15) is 12.2 Å². The highest BCUT2D eigenvalue weighted by molar-refractivity contribution is 6.74. The monoisotopic (exact) mass is 396 g/mol. The minimum atomic E-state index is -2.44. The molecule has 0 aliphatic carbocycles. The molecule has 0 amide bonds. The molecule has 1 aliphatic rings. The van der Waals surface area contributed by atoms with Gasteiger partial charge in [-0.2, -0.15) is 0 Å². The van der Waals surface area contributed by atoms with Crippen LogP contribution in [0.2, 0.25) is 18.1 Å². The number of aliphatic hydroxyl groups is 2. The largest absolute Gasteiger partial charge is 0.405 e. The van der Waals surface area contributed by atoms with Crippen LogP contribution < -0.4 is 11.2 Å². The number of terminal acetylenes is 1. The van der Waals surface area contributed by atoms with E-state index in [2.05, 4.69) is 10.9 Å². The summed E-state index contributed by atoms with van der Waals surface area (Å²) in [4.78, 5) is 26.3. The minimum Gasteiger partial charge on any atom is -0.405 e. The third-order valence-corrected chi connectivity index (χ3v) is 9.99. The zero-order chi connectivity index (χ0) is 20.8. The highest BCUT2D eigenvalue weighted by atomic mass is 28.4. The lowest BCUT2D eigenvalue weighted by Crippen LogP contribution is -2.55. The molecular weight excluding hydrogens is 368 g/mol. The number of nitrogens with zero attached hydrogens (tertiary/aromatic N) is 1. The molecule has 1 saturated heterocycles. The van der Waals surface area contributed by atoms with Gasteiger partial charge in [-0.05, 0) is 25.1 Å². The maximum atomic E-state index is 12.4. The molecule has 2 rings (SSSR count). The van der Waals surface area contributed by atoms with E-state index in [0.717, 1.165) is 4.57 Å². The number of hydrogen-bond acceptors (Lipinski definition) is 6. The smallest absolute Gasteiger partial charge is 0.330 e. The van der Waals surface area contributed by atoms with Crippen LogP contribution in [0.3, 0.4) is 0 Å². The molecule has 1 aromatic rings. The summed E-state index contributed by atoms with van der Waals surface area (Å²) >= 11 is 0.